The van der Waals surface area contributed by atoms with E-state index in [1.807, 2.05) is 24.3 Å². The van der Waals surface area contributed by atoms with Crippen LogP contribution in [0.4, 0.5) is 10.5 Å². The molecule has 1 fully saturated rings. The summed E-state index contributed by atoms with van der Waals surface area (Å²) in [6, 6.07) is 7.03. The fourth-order valence-electron chi connectivity index (χ4n) is 3.01. The summed E-state index contributed by atoms with van der Waals surface area (Å²) in [6.07, 6.45) is 3.92. The summed E-state index contributed by atoms with van der Waals surface area (Å²) < 4.78 is 10.4. The molecule has 24 heavy (non-hydrogen) atoms. The Bertz CT molecular complexity index is 701. The van der Waals surface area contributed by atoms with Crippen molar-refractivity contribution in [3.8, 4) is 5.75 Å². The van der Waals surface area contributed by atoms with Gasteiger partial charge in [0.15, 0.2) is 5.82 Å². The lowest BCUT2D eigenvalue weighted by Crippen LogP contribution is -2.38. The third-order valence-electron chi connectivity index (χ3n) is 4.20. The Morgan fingerprint density at radius 1 is 1.33 bits per heavy atom. The molecule has 1 aromatic carbocycles. The lowest BCUT2D eigenvalue weighted by Gasteiger charge is -2.28. The topological polar surface area (TPSA) is 80.5 Å². The van der Waals surface area contributed by atoms with E-state index in [2.05, 4.69) is 15.5 Å². The van der Waals surface area contributed by atoms with Gasteiger partial charge in [-0.1, -0.05) is 30.1 Å². The third-order valence-corrected chi connectivity index (χ3v) is 4.20. The number of ether oxygens (including phenoxy) is 1. The Labute approximate surface area is 141 Å². The fraction of sp³-hybridized carbons (Fsp3) is 0.471. The molecule has 2 amide bonds. The van der Waals surface area contributed by atoms with Crippen LogP contribution in [0.3, 0.4) is 0 Å². The highest BCUT2D eigenvalue weighted by Gasteiger charge is 2.30. The van der Waals surface area contributed by atoms with E-state index in [1.165, 1.54) is 0 Å². The van der Waals surface area contributed by atoms with Crippen LogP contribution in [0.2, 0.25) is 0 Å². The summed E-state index contributed by atoms with van der Waals surface area (Å²) in [5.41, 5.74) is 0.650. The van der Waals surface area contributed by atoms with E-state index in [0.29, 0.717) is 29.7 Å². The number of hydrogen-bond donors (Lipinski definition) is 1. The number of likely N-dealkylation sites (tertiary alicyclic amines) is 1. The van der Waals surface area contributed by atoms with Gasteiger partial charge in [0.25, 0.3) is 0 Å². The molecule has 0 aliphatic carbocycles. The van der Waals surface area contributed by atoms with Gasteiger partial charge in [-0.25, -0.2) is 4.79 Å². The van der Waals surface area contributed by atoms with Gasteiger partial charge in [-0.15, -0.1) is 0 Å². The average molecular weight is 330 g/mol. The minimum Gasteiger partial charge on any atom is -0.495 e. The number of benzene rings is 1. The zero-order valence-electron chi connectivity index (χ0n) is 14.0. The van der Waals surface area contributed by atoms with Crippen LogP contribution in [0, 0.1) is 6.92 Å². The molecule has 1 aromatic heterocycles. The van der Waals surface area contributed by atoms with Gasteiger partial charge in [0.2, 0.25) is 5.89 Å². The Hall–Kier alpha value is -2.57. The van der Waals surface area contributed by atoms with Crippen LogP contribution in [-0.4, -0.2) is 34.7 Å². The van der Waals surface area contributed by atoms with Crippen molar-refractivity contribution in [3.05, 3.63) is 36.0 Å². The van der Waals surface area contributed by atoms with Crippen molar-refractivity contribution in [1.82, 2.24) is 15.0 Å². The highest BCUT2D eigenvalue weighted by atomic mass is 16.5. The Balaban J connectivity index is 1.82. The van der Waals surface area contributed by atoms with E-state index in [9.17, 15) is 4.79 Å². The average Bonchev–Trinajstić information content (AvgIpc) is 2.87. The largest absolute Gasteiger partial charge is 0.495 e. The van der Waals surface area contributed by atoms with Gasteiger partial charge in [-0.3, -0.25) is 0 Å². The van der Waals surface area contributed by atoms with Gasteiger partial charge >= 0.3 is 6.03 Å². The van der Waals surface area contributed by atoms with Crippen molar-refractivity contribution in [2.75, 3.05) is 19.0 Å². The number of nitrogens with one attached hydrogen (secondary N) is 1. The standard InChI is InChI=1S/C17H22N4O3/c1-12-18-16(20-24-12)14-9-4-3-7-11-21(14)17(22)19-13-8-5-6-10-15(13)23-2/h5-6,8,10,14H,3-4,7,9,11H2,1-2H3,(H,19,22)/t14-/m0/s1. The molecule has 0 unspecified atom stereocenters. The molecular formula is C17H22N4O3. The van der Waals surface area contributed by atoms with Gasteiger partial charge in [0, 0.05) is 13.5 Å². The number of rotatable bonds is 3. The molecular weight excluding hydrogens is 308 g/mol. The fourth-order valence-corrected chi connectivity index (χ4v) is 3.01. The van der Waals surface area contributed by atoms with Crippen LogP contribution < -0.4 is 10.1 Å². The maximum atomic E-state index is 12.9. The first-order chi connectivity index (χ1) is 11.7. The van der Waals surface area contributed by atoms with Crippen LogP contribution in [0.1, 0.15) is 43.4 Å². The molecule has 1 N–H and O–H groups in total. The van der Waals surface area contributed by atoms with Crippen LogP contribution >= 0.6 is 0 Å². The lowest BCUT2D eigenvalue weighted by molar-refractivity contribution is 0.184. The highest BCUT2D eigenvalue weighted by molar-refractivity contribution is 5.91. The number of aromatic nitrogens is 2. The number of methoxy groups -OCH3 is 1. The molecule has 0 saturated carbocycles. The van der Waals surface area contributed by atoms with E-state index < -0.39 is 0 Å². The number of anilines is 1. The van der Waals surface area contributed by atoms with Crippen molar-refractivity contribution in [2.24, 2.45) is 0 Å². The maximum absolute atomic E-state index is 12.9. The Morgan fingerprint density at radius 2 is 2.17 bits per heavy atom. The van der Waals surface area contributed by atoms with Gasteiger partial charge in [-0.05, 0) is 25.0 Å². The summed E-state index contributed by atoms with van der Waals surface area (Å²) in [5.74, 6) is 1.72. The molecule has 0 spiro atoms. The Morgan fingerprint density at radius 3 is 2.92 bits per heavy atom. The molecule has 1 aliphatic heterocycles. The van der Waals surface area contributed by atoms with Crippen molar-refractivity contribution >= 4 is 11.7 Å². The molecule has 0 bridgehead atoms. The number of aryl methyl sites for hydroxylation is 1. The first-order valence-corrected chi connectivity index (χ1v) is 8.20. The third kappa shape index (κ3) is 3.50. The quantitative estimate of drug-likeness (QED) is 0.931. The summed E-state index contributed by atoms with van der Waals surface area (Å²) in [6.45, 7) is 2.42. The minimum atomic E-state index is -0.172. The van der Waals surface area contributed by atoms with Gasteiger partial charge in [-0.2, -0.15) is 4.98 Å². The van der Waals surface area contributed by atoms with Crippen LogP contribution in [0.25, 0.3) is 0 Å². The number of carbonyl (C=O) groups excluding carboxylic acids is 1. The van der Waals surface area contributed by atoms with Crippen LogP contribution in [0.5, 0.6) is 5.75 Å². The summed E-state index contributed by atoms with van der Waals surface area (Å²) in [4.78, 5) is 19.0. The second kappa shape index (κ2) is 7.33. The smallest absolute Gasteiger partial charge is 0.322 e. The van der Waals surface area contributed by atoms with Crippen LogP contribution in [-0.2, 0) is 0 Å². The van der Waals surface area contributed by atoms with E-state index >= 15 is 0 Å². The molecule has 128 valence electrons. The van der Waals surface area contributed by atoms with E-state index in [0.717, 1.165) is 25.7 Å². The summed E-state index contributed by atoms with van der Waals surface area (Å²) >= 11 is 0. The van der Waals surface area contributed by atoms with Crippen molar-refractivity contribution in [2.45, 2.75) is 38.6 Å². The van der Waals surface area contributed by atoms with E-state index in [4.69, 9.17) is 9.26 Å². The predicted molar refractivity (Wildman–Crippen MR) is 89.0 cm³/mol. The molecule has 1 saturated heterocycles. The number of amides is 2. The van der Waals surface area contributed by atoms with Gasteiger partial charge in [0.05, 0.1) is 18.8 Å². The first kappa shape index (κ1) is 16.3. The van der Waals surface area contributed by atoms with E-state index in [-0.39, 0.29) is 12.1 Å². The molecule has 0 radical (unpaired) electrons. The number of carbonyl (C=O) groups is 1. The monoisotopic (exact) mass is 330 g/mol. The second-order valence-corrected chi connectivity index (χ2v) is 5.86. The molecule has 7 nitrogen and oxygen atoms in total. The first-order valence-electron chi connectivity index (χ1n) is 8.20. The minimum absolute atomic E-state index is 0.167. The molecule has 1 atom stereocenters. The Kier molecular flexibility index (Phi) is 4.98. The van der Waals surface area contributed by atoms with Crippen molar-refractivity contribution < 1.29 is 14.1 Å². The van der Waals surface area contributed by atoms with E-state index in [1.54, 1.807) is 18.9 Å². The zero-order valence-corrected chi connectivity index (χ0v) is 14.0. The lowest BCUT2D eigenvalue weighted by atomic mass is 10.1. The summed E-state index contributed by atoms with van der Waals surface area (Å²) in [7, 11) is 1.59. The normalized spacial score (nSPS) is 18.1. The maximum Gasteiger partial charge on any atom is 0.322 e. The molecule has 7 heteroatoms. The molecule has 3 rings (SSSR count). The predicted octanol–water partition coefficient (Wildman–Crippen LogP) is 3.54. The van der Waals surface area contributed by atoms with Gasteiger partial charge < -0.3 is 19.5 Å². The number of urea groups is 1. The van der Waals surface area contributed by atoms with Crippen LogP contribution in [0.15, 0.2) is 28.8 Å². The number of para-hydroxylation sites is 2. The van der Waals surface area contributed by atoms with Gasteiger partial charge in [0.1, 0.15) is 5.75 Å². The van der Waals surface area contributed by atoms with Crippen molar-refractivity contribution in [3.63, 3.8) is 0 Å². The summed E-state index contributed by atoms with van der Waals surface area (Å²) in [5, 5.41) is 6.96. The highest BCUT2D eigenvalue weighted by Crippen LogP contribution is 2.30. The molecule has 2 aromatic rings. The molecule has 1 aliphatic rings. The number of nitrogens with zero attached hydrogens (tertiary/aromatic N) is 3. The SMILES string of the molecule is COc1ccccc1NC(=O)N1CCCCC[C@H]1c1noc(C)n1. The second-order valence-electron chi connectivity index (χ2n) is 5.86. The number of hydrogen-bond acceptors (Lipinski definition) is 5. The molecule has 2 heterocycles. The zero-order chi connectivity index (χ0) is 16.9. The van der Waals surface area contributed by atoms with Crippen molar-refractivity contribution in [1.29, 1.82) is 0 Å².